The van der Waals surface area contributed by atoms with Crippen molar-refractivity contribution in [3.05, 3.63) is 0 Å². The largest absolute Gasteiger partial charge is 0.444 e. The van der Waals surface area contributed by atoms with Crippen LogP contribution in [0.1, 0.15) is 59.8 Å². The van der Waals surface area contributed by atoms with Crippen LogP contribution in [-0.2, 0) is 4.74 Å². The molecule has 2 saturated carbocycles. The summed E-state index contributed by atoms with van der Waals surface area (Å²) in [6.07, 6.45) is 6.48. The second kappa shape index (κ2) is 5.10. The van der Waals surface area contributed by atoms with E-state index < -0.39 is 5.60 Å². The molecular weight excluding hydrogens is 226 g/mol. The quantitative estimate of drug-likeness (QED) is 0.832. The molecule has 3 heteroatoms. The van der Waals surface area contributed by atoms with Crippen molar-refractivity contribution in [2.45, 2.75) is 71.4 Å². The first-order chi connectivity index (χ1) is 8.35. The Balaban J connectivity index is 1.69. The number of fused-ring (bicyclic) bond motifs is 1. The maximum absolute atomic E-state index is 11.7. The van der Waals surface area contributed by atoms with Gasteiger partial charge in [-0.15, -0.1) is 0 Å². The first-order valence-corrected chi connectivity index (χ1v) is 7.34. The lowest BCUT2D eigenvalue weighted by molar-refractivity contribution is 0.0459. The maximum Gasteiger partial charge on any atom is 0.407 e. The normalized spacial score (nSPS) is 32.3. The molecule has 3 nitrogen and oxygen atoms in total. The third-order valence-electron chi connectivity index (χ3n) is 4.35. The highest BCUT2D eigenvalue weighted by Crippen LogP contribution is 2.52. The van der Waals surface area contributed by atoms with Gasteiger partial charge >= 0.3 is 6.09 Å². The average Bonchev–Trinajstić information content (AvgIpc) is 2.53. The second-order valence-electron chi connectivity index (χ2n) is 7.13. The van der Waals surface area contributed by atoms with Gasteiger partial charge in [0, 0.05) is 6.04 Å². The van der Waals surface area contributed by atoms with Gasteiger partial charge in [-0.3, -0.25) is 0 Å². The van der Waals surface area contributed by atoms with Crippen LogP contribution in [0.2, 0.25) is 0 Å². The summed E-state index contributed by atoms with van der Waals surface area (Å²) < 4.78 is 5.28. The highest BCUT2D eigenvalue weighted by molar-refractivity contribution is 5.68. The predicted octanol–water partition coefficient (Wildman–Crippen LogP) is 3.73. The molecule has 1 N–H and O–H groups in total. The number of nitrogens with one attached hydrogen (secondary N) is 1. The van der Waals surface area contributed by atoms with Gasteiger partial charge in [0.25, 0.3) is 0 Å². The van der Waals surface area contributed by atoms with Crippen molar-refractivity contribution in [2.75, 3.05) is 0 Å². The van der Waals surface area contributed by atoms with Crippen molar-refractivity contribution < 1.29 is 9.53 Å². The van der Waals surface area contributed by atoms with E-state index in [2.05, 4.69) is 12.2 Å². The summed E-state index contributed by atoms with van der Waals surface area (Å²) in [4.78, 5) is 11.7. The zero-order valence-corrected chi connectivity index (χ0v) is 12.2. The molecule has 0 bridgehead atoms. The molecule has 3 unspecified atom stereocenters. The zero-order chi connectivity index (χ0) is 13.3. The maximum atomic E-state index is 11.7. The molecule has 1 amide bonds. The van der Waals surface area contributed by atoms with E-state index in [1.165, 1.54) is 25.7 Å². The Morgan fingerprint density at radius 2 is 2.11 bits per heavy atom. The topological polar surface area (TPSA) is 38.3 Å². The third-order valence-corrected chi connectivity index (χ3v) is 4.35. The van der Waals surface area contributed by atoms with Gasteiger partial charge in [0.15, 0.2) is 0 Å². The molecule has 2 rings (SSSR count). The summed E-state index contributed by atoms with van der Waals surface area (Å²) in [5.74, 6) is 2.79. The van der Waals surface area contributed by atoms with Crippen LogP contribution in [0.4, 0.5) is 4.79 Å². The molecule has 0 heterocycles. The minimum atomic E-state index is -0.406. The molecule has 0 aromatic carbocycles. The Kier molecular flexibility index (Phi) is 3.88. The molecule has 0 aromatic rings. The molecule has 2 fully saturated rings. The first-order valence-electron chi connectivity index (χ1n) is 7.34. The van der Waals surface area contributed by atoms with Gasteiger partial charge in [-0.1, -0.05) is 12.8 Å². The number of carbonyl (C=O) groups excluding carboxylic acids is 1. The standard InChI is InChI=1S/C15H27NO2/c1-10(16-14(17)18-15(2,3)4)8-12-9-11-6-5-7-13(11)12/h10-13H,5-9H2,1-4H3,(H,16,17)/t10-,11?,12?,13?/m1/s1. The van der Waals surface area contributed by atoms with E-state index in [1.54, 1.807) is 0 Å². The summed E-state index contributed by atoms with van der Waals surface area (Å²) in [6, 6.07) is 0.228. The van der Waals surface area contributed by atoms with E-state index in [1.807, 2.05) is 20.8 Å². The van der Waals surface area contributed by atoms with Gasteiger partial charge in [-0.2, -0.15) is 0 Å². The fraction of sp³-hybridized carbons (Fsp3) is 0.933. The molecule has 18 heavy (non-hydrogen) atoms. The lowest BCUT2D eigenvalue weighted by Crippen LogP contribution is -2.42. The number of carbonyl (C=O) groups is 1. The van der Waals surface area contributed by atoms with Crippen molar-refractivity contribution in [1.29, 1.82) is 0 Å². The van der Waals surface area contributed by atoms with Gasteiger partial charge in [-0.05, 0) is 64.7 Å². The van der Waals surface area contributed by atoms with Crippen LogP contribution in [0.5, 0.6) is 0 Å². The van der Waals surface area contributed by atoms with Gasteiger partial charge in [0.05, 0.1) is 0 Å². The Labute approximate surface area is 111 Å². The van der Waals surface area contributed by atoms with Crippen molar-refractivity contribution in [1.82, 2.24) is 5.32 Å². The molecule has 0 saturated heterocycles. The van der Waals surface area contributed by atoms with E-state index in [-0.39, 0.29) is 12.1 Å². The minimum Gasteiger partial charge on any atom is -0.444 e. The van der Waals surface area contributed by atoms with E-state index in [0.717, 1.165) is 24.2 Å². The summed E-state index contributed by atoms with van der Waals surface area (Å²) in [5, 5.41) is 2.95. The molecule has 4 atom stereocenters. The molecule has 2 aliphatic rings. The van der Waals surface area contributed by atoms with Crippen LogP contribution in [0.25, 0.3) is 0 Å². The number of ether oxygens (including phenoxy) is 1. The molecule has 0 aromatic heterocycles. The number of hydrogen-bond donors (Lipinski definition) is 1. The molecule has 0 aliphatic heterocycles. The summed E-state index contributed by atoms with van der Waals surface area (Å²) >= 11 is 0. The molecule has 0 spiro atoms. The Bertz CT molecular complexity index is 308. The smallest absolute Gasteiger partial charge is 0.407 e. The highest BCUT2D eigenvalue weighted by Gasteiger charge is 2.43. The molecule has 0 radical (unpaired) electrons. The van der Waals surface area contributed by atoms with Gasteiger partial charge in [0.1, 0.15) is 5.60 Å². The van der Waals surface area contributed by atoms with Crippen molar-refractivity contribution in [3.63, 3.8) is 0 Å². The Hall–Kier alpha value is -0.730. The minimum absolute atomic E-state index is 0.228. The lowest BCUT2D eigenvalue weighted by Gasteiger charge is -2.42. The zero-order valence-electron chi connectivity index (χ0n) is 12.2. The SMILES string of the molecule is C[C@H](CC1CC2CCCC21)NC(=O)OC(C)(C)C. The second-order valence-corrected chi connectivity index (χ2v) is 7.13. The van der Waals surface area contributed by atoms with E-state index in [4.69, 9.17) is 4.74 Å². The number of amides is 1. The number of rotatable bonds is 3. The fourth-order valence-corrected chi connectivity index (χ4v) is 3.64. The first kappa shape index (κ1) is 13.7. The van der Waals surface area contributed by atoms with Crippen LogP contribution >= 0.6 is 0 Å². The predicted molar refractivity (Wildman–Crippen MR) is 72.4 cm³/mol. The molecular formula is C15H27NO2. The van der Waals surface area contributed by atoms with Crippen molar-refractivity contribution in [3.8, 4) is 0 Å². The van der Waals surface area contributed by atoms with Gasteiger partial charge in [-0.25, -0.2) is 4.79 Å². The van der Waals surface area contributed by atoms with Crippen LogP contribution in [0, 0.1) is 17.8 Å². The van der Waals surface area contributed by atoms with E-state index in [0.29, 0.717) is 0 Å². The van der Waals surface area contributed by atoms with Gasteiger partial charge in [0.2, 0.25) is 0 Å². The van der Waals surface area contributed by atoms with Crippen LogP contribution in [-0.4, -0.2) is 17.7 Å². The Morgan fingerprint density at radius 1 is 1.39 bits per heavy atom. The summed E-state index contributed by atoms with van der Waals surface area (Å²) in [7, 11) is 0. The van der Waals surface area contributed by atoms with E-state index >= 15 is 0 Å². The van der Waals surface area contributed by atoms with Crippen LogP contribution in [0.3, 0.4) is 0 Å². The highest BCUT2D eigenvalue weighted by atomic mass is 16.6. The monoisotopic (exact) mass is 253 g/mol. The fourth-order valence-electron chi connectivity index (χ4n) is 3.64. The summed E-state index contributed by atoms with van der Waals surface area (Å²) in [6.45, 7) is 7.77. The van der Waals surface area contributed by atoms with E-state index in [9.17, 15) is 4.79 Å². The molecule has 2 aliphatic carbocycles. The van der Waals surface area contributed by atoms with Crippen molar-refractivity contribution in [2.24, 2.45) is 17.8 Å². The Morgan fingerprint density at radius 3 is 2.72 bits per heavy atom. The van der Waals surface area contributed by atoms with Crippen LogP contribution < -0.4 is 5.32 Å². The summed E-state index contributed by atoms with van der Waals surface area (Å²) in [5.41, 5.74) is -0.406. The van der Waals surface area contributed by atoms with Crippen LogP contribution in [0.15, 0.2) is 0 Å². The average molecular weight is 253 g/mol. The number of alkyl carbamates (subject to hydrolysis) is 1. The lowest BCUT2D eigenvalue weighted by atomic mass is 9.64. The third kappa shape index (κ3) is 3.39. The number of hydrogen-bond acceptors (Lipinski definition) is 2. The van der Waals surface area contributed by atoms with Crippen molar-refractivity contribution >= 4 is 6.09 Å². The molecule has 104 valence electrons. The van der Waals surface area contributed by atoms with Gasteiger partial charge < -0.3 is 10.1 Å².